The summed E-state index contributed by atoms with van der Waals surface area (Å²) >= 11 is 0. The van der Waals surface area contributed by atoms with Crippen molar-refractivity contribution in [1.82, 2.24) is 18.8 Å². The van der Waals surface area contributed by atoms with Crippen LogP contribution >= 0.6 is 0 Å². The molecule has 3 atom stereocenters. The van der Waals surface area contributed by atoms with Gasteiger partial charge in [0, 0.05) is 41.3 Å². The third-order valence-electron chi connectivity index (χ3n) is 9.36. The Morgan fingerprint density at radius 1 is 0.822 bits per heavy atom. The molecule has 8 rings (SSSR count). The van der Waals surface area contributed by atoms with Gasteiger partial charge in [-0.2, -0.15) is 0 Å². The number of aromatic nitrogens is 3. The van der Waals surface area contributed by atoms with Crippen molar-refractivity contribution in [2.75, 3.05) is 5.32 Å². The Labute approximate surface area is 262 Å². The molecule has 2 aromatic heterocycles. The zero-order valence-electron chi connectivity index (χ0n) is 24.6. The molecule has 0 amide bonds. The number of rotatable bonds is 7. The number of anilines is 2. The minimum Gasteiger partial charge on any atom is -0.393 e. The number of hydrogen-bond acceptors (Lipinski definition) is 7. The van der Waals surface area contributed by atoms with Crippen LogP contribution in [0.3, 0.4) is 0 Å². The average Bonchev–Trinajstić information content (AvgIpc) is 3.59. The molecule has 2 aliphatic heterocycles. The maximum atomic E-state index is 13.2. The summed E-state index contributed by atoms with van der Waals surface area (Å²) in [5, 5.41) is 15.3. The minimum absolute atomic E-state index is 0.147. The predicted molar refractivity (Wildman–Crippen MR) is 177 cm³/mol. The van der Waals surface area contributed by atoms with E-state index >= 15 is 0 Å². The number of nitrogens with one attached hydrogen (secondary N) is 1. The molecule has 2 fully saturated rings. The molecule has 226 valence electrons. The summed E-state index contributed by atoms with van der Waals surface area (Å²) in [6, 6.07) is 31.8. The normalized spacial score (nSPS) is 20.2. The largest absolute Gasteiger partial charge is 0.393 e. The van der Waals surface area contributed by atoms with Gasteiger partial charge in [-0.15, -0.1) is 0 Å². The summed E-state index contributed by atoms with van der Waals surface area (Å²) in [4.78, 5) is 11.9. The summed E-state index contributed by atoms with van der Waals surface area (Å²) in [6.45, 7) is 0.924. The molecule has 4 heterocycles. The molecule has 0 aliphatic carbocycles. The highest BCUT2D eigenvalue weighted by Crippen LogP contribution is 2.37. The summed E-state index contributed by atoms with van der Waals surface area (Å²) in [7, 11) is -3.70. The van der Waals surface area contributed by atoms with Crippen LogP contribution in [-0.4, -0.2) is 50.6 Å². The van der Waals surface area contributed by atoms with E-state index in [4.69, 9.17) is 0 Å². The molecule has 2 aliphatic rings. The Hall–Kier alpha value is -4.57. The minimum atomic E-state index is -3.70. The van der Waals surface area contributed by atoms with Gasteiger partial charge >= 0.3 is 0 Å². The van der Waals surface area contributed by atoms with Crippen LogP contribution in [-0.2, 0) is 16.6 Å². The van der Waals surface area contributed by atoms with E-state index in [2.05, 4.69) is 56.6 Å². The molecule has 2 N–H and O–H groups in total. The molecule has 2 bridgehead atoms. The van der Waals surface area contributed by atoms with Crippen LogP contribution in [0.2, 0.25) is 0 Å². The lowest BCUT2D eigenvalue weighted by molar-refractivity contribution is 0.0310. The van der Waals surface area contributed by atoms with Crippen molar-refractivity contribution >= 4 is 43.3 Å². The van der Waals surface area contributed by atoms with Gasteiger partial charge in [0.25, 0.3) is 10.0 Å². The molecule has 0 radical (unpaired) electrons. The SMILES string of the molecule is O=S(=O)(c1ccccc1)n1ccc2cc(Nc3ncnc4ccc(-c5ccc(CN6[C@@H]7CC[C@H]6CC(O)C7)cc5)cc34)ccc21. The first-order valence-electron chi connectivity index (χ1n) is 15.4. The average molecular weight is 616 g/mol. The van der Waals surface area contributed by atoms with Crippen LogP contribution in [0.4, 0.5) is 11.5 Å². The molecule has 0 spiro atoms. The topological polar surface area (TPSA) is 100 Å². The second-order valence-electron chi connectivity index (χ2n) is 12.2. The second kappa shape index (κ2) is 11.1. The van der Waals surface area contributed by atoms with Gasteiger partial charge in [-0.1, -0.05) is 48.5 Å². The van der Waals surface area contributed by atoms with Crippen molar-refractivity contribution in [1.29, 1.82) is 0 Å². The summed E-state index contributed by atoms with van der Waals surface area (Å²) in [5.41, 5.74) is 5.72. The van der Waals surface area contributed by atoms with Gasteiger partial charge in [0.2, 0.25) is 0 Å². The van der Waals surface area contributed by atoms with E-state index in [9.17, 15) is 13.5 Å². The van der Waals surface area contributed by atoms with E-state index in [1.165, 1.54) is 22.4 Å². The number of nitrogens with zero attached hydrogens (tertiary/aromatic N) is 4. The highest BCUT2D eigenvalue weighted by atomic mass is 32.2. The molecule has 9 heteroatoms. The monoisotopic (exact) mass is 615 g/mol. The van der Waals surface area contributed by atoms with Gasteiger partial charge in [0.1, 0.15) is 12.1 Å². The molecular weight excluding hydrogens is 582 g/mol. The highest BCUT2D eigenvalue weighted by Gasteiger charge is 2.39. The molecule has 45 heavy (non-hydrogen) atoms. The zero-order chi connectivity index (χ0) is 30.5. The lowest BCUT2D eigenvalue weighted by atomic mass is 9.98. The van der Waals surface area contributed by atoms with E-state index in [1.54, 1.807) is 48.9 Å². The first-order valence-corrected chi connectivity index (χ1v) is 16.8. The van der Waals surface area contributed by atoms with Crippen molar-refractivity contribution in [3.05, 3.63) is 115 Å². The van der Waals surface area contributed by atoms with E-state index in [0.717, 1.165) is 52.5 Å². The Bertz CT molecular complexity index is 2120. The Kier molecular flexibility index (Phi) is 6.89. The smallest absolute Gasteiger partial charge is 0.268 e. The fourth-order valence-electron chi connectivity index (χ4n) is 7.10. The second-order valence-corrected chi connectivity index (χ2v) is 14.0. The highest BCUT2D eigenvalue weighted by molar-refractivity contribution is 7.90. The van der Waals surface area contributed by atoms with Crippen LogP contribution in [0.1, 0.15) is 31.2 Å². The van der Waals surface area contributed by atoms with Crippen molar-refractivity contribution in [2.45, 2.75) is 55.3 Å². The summed E-state index contributed by atoms with van der Waals surface area (Å²) in [6.07, 6.45) is 7.15. The lowest BCUT2D eigenvalue weighted by Gasteiger charge is -2.37. The van der Waals surface area contributed by atoms with Gasteiger partial charge in [-0.3, -0.25) is 4.90 Å². The lowest BCUT2D eigenvalue weighted by Crippen LogP contribution is -2.44. The van der Waals surface area contributed by atoms with Crippen LogP contribution in [0.15, 0.2) is 114 Å². The van der Waals surface area contributed by atoms with Gasteiger partial charge in [-0.25, -0.2) is 22.4 Å². The third kappa shape index (κ3) is 5.16. The molecule has 0 saturated carbocycles. The Morgan fingerprint density at radius 2 is 1.58 bits per heavy atom. The van der Waals surface area contributed by atoms with E-state index in [-0.39, 0.29) is 11.0 Å². The van der Waals surface area contributed by atoms with Crippen molar-refractivity contribution < 1.29 is 13.5 Å². The molecule has 8 nitrogen and oxygen atoms in total. The number of hydrogen-bond donors (Lipinski definition) is 2. The fraction of sp³-hybridized carbons (Fsp3) is 0.222. The number of aliphatic hydroxyl groups is 1. The predicted octanol–water partition coefficient (Wildman–Crippen LogP) is 6.72. The third-order valence-corrected chi connectivity index (χ3v) is 11.1. The van der Waals surface area contributed by atoms with Crippen molar-refractivity contribution in [3.8, 4) is 11.1 Å². The van der Waals surface area contributed by atoms with Crippen LogP contribution in [0, 0.1) is 0 Å². The molecule has 1 unspecified atom stereocenters. The quantitative estimate of drug-likeness (QED) is 0.206. The first kappa shape index (κ1) is 27.9. The number of aliphatic hydroxyl groups excluding tert-OH is 1. The molecule has 4 aromatic carbocycles. The number of fused-ring (bicyclic) bond motifs is 4. The van der Waals surface area contributed by atoms with E-state index < -0.39 is 10.0 Å². The molecule has 2 saturated heterocycles. The summed E-state index contributed by atoms with van der Waals surface area (Å²) in [5.74, 6) is 0.678. The number of piperidine rings is 1. The maximum absolute atomic E-state index is 13.2. The van der Waals surface area contributed by atoms with Gasteiger partial charge < -0.3 is 10.4 Å². The standard InChI is InChI=1S/C36H33N5O3S/c42-31-20-29-12-13-30(21-31)40(29)22-24-6-8-25(9-7-24)26-10-14-34-33(19-26)36(38-23-37-34)39-28-11-15-35-27(18-28)16-17-41(35)45(43,44)32-4-2-1-3-5-32/h1-11,14-19,23,29-31,42H,12-13,20-22H2,(H,37,38,39)/t29-,30+,31?. The summed E-state index contributed by atoms with van der Waals surface area (Å²) < 4.78 is 27.8. The fourth-order valence-corrected chi connectivity index (χ4v) is 8.47. The molecule has 6 aromatic rings. The van der Waals surface area contributed by atoms with E-state index in [0.29, 0.717) is 23.4 Å². The Balaban J connectivity index is 1.04. The van der Waals surface area contributed by atoms with Crippen LogP contribution in [0.25, 0.3) is 32.9 Å². The van der Waals surface area contributed by atoms with E-state index in [1.807, 2.05) is 24.3 Å². The number of benzene rings is 4. The Morgan fingerprint density at radius 3 is 2.36 bits per heavy atom. The van der Waals surface area contributed by atoms with Gasteiger partial charge in [-0.05, 0) is 90.9 Å². The first-order chi connectivity index (χ1) is 21.9. The van der Waals surface area contributed by atoms with Crippen LogP contribution < -0.4 is 5.32 Å². The van der Waals surface area contributed by atoms with Crippen molar-refractivity contribution in [2.24, 2.45) is 0 Å². The zero-order valence-corrected chi connectivity index (χ0v) is 25.4. The maximum Gasteiger partial charge on any atom is 0.268 e. The van der Waals surface area contributed by atoms with Crippen molar-refractivity contribution in [3.63, 3.8) is 0 Å². The molecular formula is C36H33N5O3S. The van der Waals surface area contributed by atoms with Gasteiger partial charge in [0.15, 0.2) is 0 Å². The van der Waals surface area contributed by atoms with Gasteiger partial charge in [0.05, 0.1) is 22.0 Å². The van der Waals surface area contributed by atoms with Crippen LogP contribution in [0.5, 0.6) is 0 Å².